The molecule has 0 amide bonds. The van der Waals surface area contributed by atoms with Crippen molar-refractivity contribution in [2.75, 3.05) is 7.11 Å². The van der Waals surface area contributed by atoms with Crippen molar-refractivity contribution in [3.05, 3.63) is 53.3 Å². The van der Waals surface area contributed by atoms with Crippen molar-refractivity contribution < 1.29 is 9.13 Å². The first-order chi connectivity index (χ1) is 8.65. The summed E-state index contributed by atoms with van der Waals surface area (Å²) in [6, 6.07) is 12.0. The van der Waals surface area contributed by atoms with Crippen molar-refractivity contribution in [1.82, 2.24) is 0 Å². The molecule has 0 fully saturated rings. The van der Waals surface area contributed by atoms with Gasteiger partial charge in [-0.05, 0) is 47.9 Å². The fourth-order valence-electron chi connectivity index (χ4n) is 1.94. The van der Waals surface area contributed by atoms with Crippen LogP contribution in [-0.2, 0) is 0 Å². The molecule has 0 atom stereocenters. The van der Waals surface area contributed by atoms with Crippen LogP contribution in [0.4, 0.5) is 4.39 Å². The number of nitriles is 1. The van der Waals surface area contributed by atoms with Gasteiger partial charge in [-0.3, -0.25) is 0 Å². The van der Waals surface area contributed by atoms with E-state index in [0.717, 1.165) is 16.7 Å². The van der Waals surface area contributed by atoms with Crippen LogP contribution in [0.3, 0.4) is 0 Å². The maximum Gasteiger partial charge on any atom is 0.139 e. The van der Waals surface area contributed by atoms with Crippen LogP contribution in [0.5, 0.6) is 5.75 Å². The summed E-state index contributed by atoms with van der Waals surface area (Å²) in [7, 11) is 1.54. The average Bonchev–Trinajstić information content (AvgIpc) is 2.38. The molecule has 0 aliphatic rings. The molecular formula is C15H12FNO. The smallest absolute Gasteiger partial charge is 0.139 e. The summed E-state index contributed by atoms with van der Waals surface area (Å²) in [4.78, 5) is 0. The highest BCUT2D eigenvalue weighted by Crippen LogP contribution is 2.30. The van der Waals surface area contributed by atoms with Crippen LogP contribution in [0, 0.1) is 24.1 Å². The molecule has 2 aromatic rings. The van der Waals surface area contributed by atoms with E-state index in [1.807, 2.05) is 13.0 Å². The van der Waals surface area contributed by atoms with Crippen LogP contribution in [-0.4, -0.2) is 7.11 Å². The van der Waals surface area contributed by atoms with Gasteiger partial charge in [0.05, 0.1) is 12.7 Å². The summed E-state index contributed by atoms with van der Waals surface area (Å²) < 4.78 is 18.1. The molecule has 2 nitrogen and oxygen atoms in total. The van der Waals surface area contributed by atoms with Gasteiger partial charge in [0.15, 0.2) is 0 Å². The fourth-order valence-corrected chi connectivity index (χ4v) is 1.94. The van der Waals surface area contributed by atoms with Gasteiger partial charge >= 0.3 is 0 Å². The van der Waals surface area contributed by atoms with Gasteiger partial charge in [0.2, 0.25) is 0 Å². The van der Waals surface area contributed by atoms with Gasteiger partial charge in [0.25, 0.3) is 0 Å². The number of rotatable bonds is 2. The molecular weight excluding hydrogens is 229 g/mol. The third-order valence-corrected chi connectivity index (χ3v) is 2.78. The predicted molar refractivity (Wildman–Crippen MR) is 67.8 cm³/mol. The first-order valence-corrected chi connectivity index (χ1v) is 5.50. The second-order valence-electron chi connectivity index (χ2n) is 3.99. The van der Waals surface area contributed by atoms with E-state index in [-0.39, 0.29) is 5.82 Å². The Kier molecular flexibility index (Phi) is 3.29. The van der Waals surface area contributed by atoms with Gasteiger partial charge in [-0.25, -0.2) is 4.39 Å². The Balaban J connectivity index is 2.57. The zero-order valence-corrected chi connectivity index (χ0v) is 10.2. The van der Waals surface area contributed by atoms with Crippen molar-refractivity contribution in [2.45, 2.75) is 6.92 Å². The zero-order chi connectivity index (χ0) is 13.1. The highest BCUT2D eigenvalue weighted by molar-refractivity contribution is 5.69. The summed E-state index contributed by atoms with van der Waals surface area (Å²) in [5.74, 6) is 0.313. The summed E-state index contributed by atoms with van der Waals surface area (Å²) in [6.07, 6.45) is 0. The predicted octanol–water partition coefficient (Wildman–Crippen LogP) is 3.68. The SMILES string of the molecule is COc1c(C)cc(-c2ccc(F)cc2)cc1C#N. The number of nitrogens with zero attached hydrogens (tertiary/aromatic N) is 1. The van der Waals surface area contributed by atoms with E-state index in [9.17, 15) is 4.39 Å². The molecule has 2 rings (SSSR count). The molecule has 0 spiro atoms. The second-order valence-corrected chi connectivity index (χ2v) is 3.99. The molecule has 0 aliphatic carbocycles. The number of halogens is 1. The highest BCUT2D eigenvalue weighted by atomic mass is 19.1. The third-order valence-electron chi connectivity index (χ3n) is 2.78. The molecule has 0 heterocycles. The van der Waals surface area contributed by atoms with Gasteiger partial charge < -0.3 is 4.74 Å². The van der Waals surface area contributed by atoms with E-state index in [1.54, 1.807) is 25.3 Å². The van der Waals surface area contributed by atoms with Crippen molar-refractivity contribution in [2.24, 2.45) is 0 Å². The lowest BCUT2D eigenvalue weighted by Gasteiger charge is -2.10. The number of hydrogen-bond acceptors (Lipinski definition) is 2. The van der Waals surface area contributed by atoms with Gasteiger partial charge in [-0.15, -0.1) is 0 Å². The first kappa shape index (κ1) is 12.1. The Labute approximate surface area is 105 Å². The van der Waals surface area contributed by atoms with E-state index in [0.29, 0.717) is 11.3 Å². The Hall–Kier alpha value is -2.34. The minimum Gasteiger partial charge on any atom is -0.495 e. The maximum atomic E-state index is 12.9. The van der Waals surface area contributed by atoms with E-state index in [4.69, 9.17) is 10.00 Å². The highest BCUT2D eigenvalue weighted by Gasteiger charge is 2.09. The monoisotopic (exact) mass is 241 g/mol. The molecule has 90 valence electrons. The standard InChI is InChI=1S/C15H12FNO/c1-10-7-12(8-13(9-17)15(10)18-2)11-3-5-14(16)6-4-11/h3-8H,1-2H3. The molecule has 0 aliphatic heterocycles. The largest absolute Gasteiger partial charge is 0.495 e. The molecule has 0 aromatic heterocycles. The zero-order valence-electron chi connectivity index (χ0n) is 10.2. The van der Waals surface area contributed by atoms with Gasteiger partial charge in [-0.2, -0.15) is 5.26 Å². The quantitative estimate of drug-likeness (QED) is 0.803. The summed E-state index contributed by atoms with van der Waals surface area (Å²) >= 11 is 0. The number of benzene rings is 2. The van der Waals surface area contributed by atoms with Gasteiger partial charge in [0.1, 0.15) is 17.6 Å². The molecule has 0 saturated heterocycles. The number of ether oxygens (including phenoxy) is 1. The Morgan fingerprint density at radius 2 is 1.78 bits per heavy atom. The van der Waals surface area contributed by atoms with E-state index in [1.165, 1.54) is 12.1 Å². The van der Waals surface area contributed by atoms with Crippen molar-refractivity contribution in [3.63, 3.8) is 0 Å². The van der Waals surface area contributed by atoms with Crippen LogP contribution in [0.15, 0.2) is 36.4 Å². The fraction of sp³-hybridized carbons (Fsp3) is 0.133. The van der Waals surface area contributed by atoms with E-state index >= 15 is 0 Å². The normalized spacial score (nSPS) is 9.89. The van der Waals surface area contributed by atoms with E-state index < -0.39 is 0 Å². The Morgan fingerprint density at radius 3 is 2.33 bits per heavy atom. The second kappa shape index (κ2) is 4.89. The number of methoxy groups -OCH3 is 1. The third kappa shape index (κ3) is 2.18. The van der Waals surface area contributed by atoms with Gasteiger partial charge in [-0.1, -0.05) is 12.1 Å². The van der Waals surface area contributed by atoms with Crippen LogP contribution in [0.25, 0.3) is 11.1 Å². The molecule has 18 heavy (non-hydrogen) atoms. The number of aryl methyl sites for hydroxylation is 1. The molecule has 3 heteroatoms. The van der Waals surface area contributed by atoms with Gasteiger partial charge in [0, 0.05) is 0 Å². The van der Waals surface area contributed by atoms with Crippen LogP contribution < -0.4 is 4.74 Å². The summed E-state index contributed by atoms with van der Waals surface area (Å²) in [5, 5.41) is 9.10. The lowest BCUT2D eigenvalue weighted by molar-refractivity contribution is 0.410. The lowest BCUT2D eigenvalue weighted by Crippen LogP contribution is -1.93. The Bertz CT molecular complexity index is 612. The molecule has 2 aromatic carbocycles. The van der Waals surface area contributed by atoms with Crippen LogP contribution in [0.2, 0.25) is 0 Å². The van der Waals surface area contributed by atoms with Crippen molar-refractivity contribution in [1.29, 1.82) is 5.26 Å². The molecule has 0 saturated carbocycles. The molecule has 0 bridgehead atoms. The Morgan fingerprint density at radius 1 is 1.11 bits per heavy atom. The van der Waals surface area contributed by atoms with Crippen LogP contribution >= 0.6 is 0 Å². The minimum absolute atomic E-state index is 0.274. The minimum atomic E-state index is -0.274. The molecule has 0 N–H and O–H groups in total. The average molecular weight is 241 g/mol. The molecule has 0 unspecified atom stereocenters. The lowest BCUT2D eigenvalue weighted by atomic mass is 9.99. The summed E-state index contributed by atoms with van der Waals surface area (Å²) in [6.45, 7) is 1.88. The van der Waals surface area contributed by atoms with Crippen molar-refractivity contribution >= 4 is 0 Å². The first-order valence-electron chi connectivity index (χ1n) is 5.50. The molecule has 0 radical (unpaired) electrons. The summed E-state index contributed by atoms with van der Waals surface area (Å²) in [5.41, 5.74) is 3.12. The van der Waals surface area contributed by atoms with E-state index in [2.05, 4.69) is 6.07 Å². The number of hydrogen-bond donors (Lipinski definition) is 0. The maximum absolute atomic E-state index is 12.9. The van der Waals surface area contributed by atoms with Crippen LogP contribution in [0.1, 0.15) is 11.1 Å². The topological polar surface area (TPSA) is 33.0 Å². The van der Waals surface area contributed by atoms with Crippen molar-refractivity contribution in [3.8, 4) is 22.9 Å².